The van der Waals surface area contributed by atoms with Gasteiger partial charge in [-0.25, -0.2) is 9.78 Å². The molecule has 2 aromatic heterocycles. The Morgan fingerprint density at radius 3 is 2.54 bits per heavy atom. The Balaban J connectivity index is 2.38. The number of aromatic hydroxyl groups is 1. The average molecular weight is 321 g/mol. The lowest BCUT2D eigenvalue weighted by Crippen LogP contribution is -2.21. The van der Waals surface area contributed by atoms with Crippen molar-refractivity contribution in [3.05, 3.63) is 69.8 Å². The molecule has 0 saturated heterocycles. The van der Waals surface area contributed by atoms with Crippen molar-refractivity contribution < 1.29 is 15.0 Å². The third-order valence-electron chi connectivity index (χ3n) is 3.60. The SMILES string of the molecule is N#Cc1nc(C(=O)O)c(O)c2c1ccc(=O)n2Cc1ccccc1. The van der Waals surface area contributed by atoms with E-state index in [4.69, 9.17) is 0 Å². The predicted molar refractivity (Wildman–Crippen MR) is 84.9 cm³/mol. The van der Waals surface area contributed by atoms with Crippen LogP contribution in [0, 0.1) is 11.3 Å². The summed E-state index contributed by atoms with van der Waals surface area (Å²) in [6.07, 6.45) is 0. The first-order valence-corrected chi connectivity index (χ1v) is 6.96. The number of rotatable bonds is 3. The number of pyridine rings is 2. The molecule has 0 unspecified atom stereocenters. The molecule has 0 aliphatic carbocycles. The summed E-state index contributed by atoms with van der Waals surface area (Å²) in [6, 6.07) is 13.4. The second-order valence-electron chi connectivity index (χ2n) is 5.08. The minimum absolute atomic E-state index is 0.0182. The van der Waals surface area contributed by atoms with Crippen LogP contribution in [-0.4, -0.2) is 25.7 Å². The summed E-state index contributed by atoms with van der Waals surface area (Å²) in [7, 11) is 0. The molecular weight excluding hydrogens is 310 g/mol. The quantitative estimate of drug-likeness (QED) is 0.758. The van der Waals surface area contributed by atoms with Crippen LogP contribution in [-0.2, 0) is 6.54 Å². The standard InChI is InChI=1S/C17H11N3O4/c18-8-12-11-6-7-13(21)20(9-10-4-2-1-3-5-10)15(11)16(22)14(19-12)17(23)24/h1-7,22H,9H2,(H,23,24). The average Bonchev–Trinajstić information content (AvgIpc) is 2.58. The molecule has 118 valence electrons. The van der Waals surface area contributed by atoms with Crippen molar-refractivity contribution in [3.8, 4) is 11.8 Å². The lowest BCUT2D eigenvalue weighted by Gasteiger charge is -2.13. The Labute approximate surface area is 135 Å². The number of benzene rings is 1. The number of hydrogen-bond donors (Lipinski definition) is 2. The molecule has 0 aliphatic rings. The van der Waals surface area contributed by atoms with Gasteiger partial charge in [0.1, 0.15) is 6.07 Å². The van der Waals surface area contributed by atoms with Gasteiger partial charge in [0.15, 0.2) is 17.1 Å². The van der Waals surface area contributed by atoms with Crippen LogP contribution in [0.1, 0.15) is 21.7 Å². The Morgan fingerprint density at radius 1 is 1.21 bits per heavy atom. The molecule has 7 heteroatoms. The molecule has 0 saturated carbocycles. The van der Waals surface area contributed by atoms with Gasteiger partial charge < -0.3 is 14.8 Å². The number of nitrogens with zero attached hydrogens (tertiary/aromatic N) is 3. The summed E-state index contributed by atoms with van der Waals surface area (Å²) in [5.41, 5.74) is -0.476. The molecule has 0 amide bonds. The van der Waals surface area contributed by atoms with E-state index in [0.29, 0.717) is 0 Å². The molecule has 24 heavy (non-hydrogen) atoms. The highest BCUT2D eigenvalue weighted by Crippen LogP contribution is 2.28. The van der Waals surface area contributed by atoms with Crippen molar-refractivity contribution in [2.24, 2.45) is 0 Å². The maximum atomic E-state index is 12.3. The fourth-order valence-corrected chi connectivity index (χ4v) is 2.52. The number of aromatic nitrogens is 2. The van der Waals surface area contributed by atoms with Gasteiger partial charge in [0.2, 0.25) is 0 Å². The molecule has 7 nitrogen and oxygen atoms in total. The fourth-order valence-electron chi connectivity index (χ4n) is 2.52. The van der Waals surface area contributed by atoms with Gasteiger partial charge in [-0.3, -0.25) is 4.79 Å². The highest BCUT2D eigenvalue weighted by molar-refractivity contribution is 5.98. The van der Waals surface area contributed by atoms with E-state index in [-0.39, 0.29) is 23.1 Å². The highest BCUT2D eigenvalue weighted by atomic mass is 16.4. The van der Waals surface area contributed by atoms with Crippen LogP contribution in [0.3, 0.4) is 0 Å². The highest BCUT2D eigenvalue weighted by Gasteiger charge is 2.21. The molecule has 3 aromatic rings. The van der Waals surface area contributed by atoms with E-state index >= 15 is 0 Å². The van der Waals surface area contributed by atoms with Crippen molar-refractivity contribution >= 4 is 16.9 Å². The van der Waals surface area contributed by atoms with Crippen LogP contribution in [0.2, 0.25) is 0 Å². The van der Waals surface area contributed by atoms with Crippen molar-refractivity contribution in [2.45, 2.75) is 6.54 Å². The molecule has 2 N–H and O–H groups in total. The van der Waals surface area contributed by atoms with E-state index < -0.39 is 23.0 Å². The number of fused-ring (bicyclic) bond motifs is 1. The second-order valence-corrected chi connectivity index (χ2v) is 5.08. The Kier molecular flexibility index (Phi) is 3.72. The van der Waals surface area contributed by atoms with Crippen LogP contribution in [0.25, 0.3) is 10.9 Å². The number of carboxylic acid groups (broad SMARTS) is 1. The molecular formula is C17H11N3O4. The Morgan fingerprint density at radius 2 is 1.92 bits per heavy atom. The summed E-state index contributed by atoms with van der Waals surface area (Å²) >= 11 is 0. The predicted octanol–water partition coefficient (Wildman–Crippen LogP) is 1.72. The maximum Gasteiger partial charge on any atom is 0.358 e. The molecule has 0 radical (unpaired) electrons. The Hall–Kier alpha value is -3.66. The molecule has 3 rings (SSSR count). The monoisotopic (exact) mass is 321 g/mol. The van der Waals surface area contributed by atoms with Crippen molar-refractivity contribution in [1.82, 2.24) is 9.55 Å². The summed E-state index contributed by atoms with van der Waals surface area (Å²) < 4.78 is 1.23. The van der Waals surface area contributed by atoms with Crippen LogP contribution in [0.5, 0.6) is 5.75 Å². The summed E-state index contributed by atoms with van der Waals surface area (Å²) in [6.45, 7) is 0.124. The van der Waals surface area contributed by atoms with E-state index in [2.05, 4.69) is 4.98 Å². The van der Waals surface area contributed by atoms with Gasteiger partial charge in [0.05, 0.1) is 12.1 Å². The molecule has 0 atom stereocenters. The summed E-state index contributed by atoms with van der Waals surface area (Å²) in [4.78, 5) is 27.2. The Bertz CT molecular complexity index is 1050. The van der Waals surface area contributed by atoms with Crippen molar-refractivity contribution in [1.29, 1.82) is 5.26 Å². The number of hydrogen-bond acceptors (Lipinski definition) is 5. The zero-order valence-electron chi connectivity index (χ0n) is 12.3. The van der Waals surface area contributed by atoms with Crippen LogP contribution >= 0.6 is 0 Å². The zero-order chi connectivity index (χ0) is 17.3. The number of nitriles is 1. The molecule has 0 aliphatic heterocycles. The van der Waals surface area contributed by atoms with Crippen molar-refractivity contribution in [3.63, 3.8) is 0 Å². The van der Waals surface area contributed by atoms with E-state index in [0.717, 1.165) is 5.56 Å². The van der Waals surface area contributed by atoms with Crippen LogP contribution in [0.4, 0.5) is 0 Å². The molecule has 0 bridgehead atoms. The summed E-state index contributed by atoms with van der Waals surface area (Å²) in [5.74, 6) is -2.11. The van der Waals surface area contributed by atoms with E-state index in [1.165, 1.54) is 16.7 Å². The normalized spacial score (nSPS) is 10.5. The minimum atomic E-state index is -1.48. The van der Waals surface area contributed by atoms with Crippen LogP contribution in [0.15, 0.2) is 47.3 Å². The van der Waals surface area contributed by atoms with Gasteiger partial charge in [-0.1, -0.05) is 30.3 Å². The number of aromatic carboxylic acids is 1. The first-order chi connectivity index (χ1) is 11.5. The molecule has 2 heterocycles. The summed E-state index contributed by atoms with van der Waals surface area (Å²) in [5, 5.41) is 28.9. The number of carbonyl (C=O) groups is 1. The smallest absolute Gasteiger partial charge is 0.358 e. The van der Waals surface area contributed by atoms with E-state index in [1.807, 2.05) is 6.07 Å². The van der Waals surface area contributed by atoms with E-state index in [1.54, 1.807) is 30.3 Å². The van der Waals surface area contributed by atoms with Crippen LogP contribution < -0.4 is 5.56 Å². The van der Waals surface area contributed by atoms with Gasteiger partial charge in [-0.15, -0.1) is 0 Å². The lowest BCUT2D eigenvalue weighted by molar-refractivity contribution is 0.0687. The molecule has 0 spiro atoms. The lowest BCUT2D eigenvalue weighted by atomic mass is 10.1. The minimum Gasteiger partial charge on any atom is -0.504 e. The fraction of sp³-hybridized carbons (Fsp3) is 0.0588. The van der Waals surface area contributed by atoms with E-state index in [9.17, 15) is 25.1 Å². The second kappa shape index (κ2) is 5.85. The number of carboxylic acids is 1. The first kappa shape index (κ1) is 15.2. The van der Waals surface area contributed by atoms with Gasteiger partial charge in [0, 0.05) is 11.5 Å². The van der Waals surface area contributed by atoms with Gasteiger partial charge in [0.25, 0.3) is 5.56 Å². The van der Waals surface area contributed by atoms with Gasteiger partial charge >= 0.3 is 5.97 Å². The topological polar surface area (TPSA) is 116 Å². The zero-order valence-corrected chi connectivity index (χ0v) is 12.3. The molecule has 0 fully saturated rings. The molecule has 1 aromatic carbocycles. The first-order valence-electron chi connectivity index (χ1n) is 6.96. The maximum absolute atomic E-state index is 12.3. The van der Waals surface area contributed by atoms with Gasteiger partial charge in [-0.2, -0.15) is 5.26 Å². The third kappa shape index (κ3) is 2.46. The van der Waals surface area contributed by atoms with Gasteiger partial charge in [-0.05, 0) is 11.6 Å². The van der Waals surface area contributed by atoms with Crippen molar-refractivity contribution in [2.75, 3.05) is 0 Å². The largest absolute Gasteiger partial charge is 0.504 e. The third-order valence-corrected chi connectivity index (χ3v) is 3.60.